The molecule has 0 aromatic heterocycles. The van der Waals surface area contributed by atoms with Crippen LogP contribution in [0.2, 0.25) is 0 Å². The Morgan fingerprint density at radius 3 is 2.68 bits per heavy atom. The van der Waals surface area contributed by atoms with Gasteiger partial charge in [-0.3, -0.25) is 4.99 Å². The lowest BCUT2D eigenvalue weighted by molar-refractivity contribution is 0.474. The van der Waals surface area contributed by atoms with E-state index in [9.17, 15) is 13.9 Å². The molecule has 0 amide bonds. The smallest absolute Gasteiger partial charge is 0.191 e. The van der Waals surface area contributed by atoms with Crippen LogP contribution in [0, 0.1) is 11.6 Å². The van der Waals surface area contributed by atoms with E-state index in [4.69, 9.17) is 0 Å². The normalized spacial score (nSPS) is 12.7. The first-order valence-electron chi connectivity index (χ1n) is 8.27. The van der Waals surface area contributed by atoms with E-state index in [0.29, 0.717) is 31.0 Å². The molecule has 0 aliphatic heterocycles. The van der Waals surface area contributed by atoms with Crippen molar-refractivity contribution in [2.45, 2.75) is 26.3 Å². The van der Waals surface area contributed by atoms with Crippen molar-refractivity contribution in [3.8, 4) is 5.75 Å². The first-order valence-corrected chi connectivity index (χ1v) is 8.27. The highest BCUT2D eigenvalue weighted by Crippen LogP contribution is 2.17. The molecule has 2 rings (SSSR count). The number of nitrogens with one attached hydrogen (secondary N) is 2. The number of aliphatic imine (C=N–C) groups is 1. The van der Waals surface area contributed by atoms with Crippen LogP contribution in [0.15, 0.2) is 47.5 Å². The number of hydrogen-bond donors (Lipinski definition) is 3. The fraction of sp³-hybridized carbons (Fsp3) is 0.316. The predicted molar refractivity (Wildman–Crippen MR) is 95.7 cm³/mol. The molecule has 6 heteroatoms. The molecule has 3 N–H and O–H groups in total. The molecule has 0 saturated heterocycles. The number of benzene rings is 2. The summed E-state index contributed by atoms with van der Waals surface area (Å²) < 4.78 is 26.9. The van der Waals surface area contributed by atoms with Crippen LogP contribution in [0.25, 0.3) is 0 Å². The maximum atomic E-state index is 13.9. The molecular weight excluding hydrogens is 324 g/mol. The minimum Gasteiger partial charge on any atom is -0.508 e. The zero-order chi connectivity index (χ0) is 18.2. The Bertz CT molecular complexity index is 734. The molecule has 0 heterocycles. The highest BCUT2D eigenvalue weighted by atomic mass is 19.1. The van der Waals surface area contributed by atoms with Gasteiger partial charge in [0.05, 0.1) is 6.04 Å². The van der Waals surface area contributed by atoms with Crippen LogP contribution in [0.5, 0.6) is 5.75 Å². The van der Waals surface area contributed by atoms with Gasteiger partial charge >= 0.3 is 0 Å². The Morgan fingerprint density at radius 1 is 1.20 bits per heavy atom. The highest BCUT2D eigenvalue weighted by Gasteiger charge is 2.13. The van der Waals surface area contributed by atoms with Gasteiger partial charge in [-0.15, -0.1) is 0 Å². The van der Waals surface area contributed by atoms with E-state index in [1.807, 2.05) is 13.0 Å². The van der Waals surface area contributed by atoms with Crippen LogP contribution in [0.1, 0.15) is 31.0 Å². The maximum Gasteiger partial charge on any atom is 0.191 e. The van der Waals surface area contributed by atoms with Gasteiger partial charge < -0.3 is 15.7 Å². The molecule has 1 unspecified atom stereocenters. The maximum absolute atomic E-state index is 13.9. The second-order valence-electron chi connectivity index (χ2n) is 5.71. The average molecular weight is 347 g/mol. The third-order valence-electron chi connectivity index (χ3n) is 3.71. The van der Waals surface area contributed by atoms with Crippen LogP contribution in [0.3, 0.4) is 0 Å². The molecule has 0 saturated carbocycles. The second kappa shape index (κ2) is 9.01. The molecule has 0 radical (unpaired) electrons. The molecule has 2 aromatic rings. The lowest BCUT2D eigenvalue weighted by Crippen LogP contribution is -2.39. The quantitative estimate of drug-likeness (QED) is 0.553. The summed E-state index contributed by atoms with van der Waals surface area (Å²) in [5.41, 5.74) is 1.36. The van der Waals surface area contributed by atoms with E-state index in [1.165, 1.54) is 12.1 Å². The van der Waals surface area contributed by atoms with E-state index in [1.54, 1.807) is 25.1 Å². The molecule has 134 valence electrons. The first-order chi connectivity index (χ1) is 12.0. The standard InChI is InChI=1S/C19H23F2N3O/c1-3-22-19(23-10-9-14-5-4-6-16(25)11-14)24-13(2)17-8-7-15(20)12-18(17)21/h4-8,11-13,25H,3,9-10H2,1-2H3,(H2,22,23,24). The van der Waals surface area contributed by atoms with Gasteiger partial charge in [0.15, 0.2) is 5.96 Å². The number of aromatic hydroxyl groups is 1. The molecule has 1 atom stereocenters. The summed E-state index contributed by atoms with van der Waals surface area (Å²) in [5.74, 6) is -0.401. The Kier molecular flexibility index (Phi) is 6.74. The number of phenolic OH excluding ortho intramolecular Hbond substituents is 1. The average Bonchev–Trinajstić information content (AvgIpc) is 2.55. The summed E-state index contributed by atoms with van der Waals surface area (Å²) in [5, 5.41) is 15.7. The molecule has 25 heavy (non-hydrogen) atoms. The zero-order valence-electron chi connectivity index (χ0n) is 14.4. The van der Waals surface area contributed by atoms with Gasteiger partial charge in [0.25, 0.3) is 0 Å². The Balaban J connectivity index is 2.01. The van der Waals surface area contributed by atoms with Crippen molar-refractivity contribution in [2.24, 2.45) is 4.99 Å². The van der Waals surface area contributed by atoms with Crippen molar-refractivity contribution < 1.29 is 13.9 Å². The number of nitrogens with zero attached hydrogens (tertiary/aromatic N) is 1. The monoisotopic (exact) mass is 347 g/mol. The molecule has 0 bridgehead atoms. The van der Waals surface area contributed by atoms with Crippen LogP contribution >= 0.6 is 0 Å². The van der Waals surface area contributed by atoms with E-state index >= 15 is 0 Å². The van der Waals surface area contributed by atoms with Crippen molar-refractivity contribution in [3.63, 3.8) is 0 Å². The van der Waals surface area contributed by atoms with Crippen LogP contribution < -0.4 is 10.6 Å². The Labute approximate surface area is 146 Å². The molecule has 0 aliphatic rings. The van der Waals surface area contributed by atoms with Crippen molar-refractivity contribution in [1.82, 2.24) is 10.6 Å². The fourth-order valence-corrected chi connectivity index (χ4v) is 2.46. The Hall–Kier alpha value is -2.63. The molecule has 0 aliphatic carbocycles. The van der Waals surface area contributed by atoms with E-state index in [0.717, 1.165) is 11.6 Å². The largest absolute Gasteiger partial charge is 0.508 e. The summed E-state index contributed by atoms with van der Waals surface area (Å²) in [6.07, 6.45) is 0.671. The van der Waals surface area contributed by atoms with Gasteiger partial charge in [-0.05, 0) is 44.0 Å². The lowest BCUT2D eigenvalue weighted by atomic mass is 10.1. The van der Waals surface area contributed by atoms with E-state index in [2.05, 4.69) is 15.6 Å². The topological polar surface area (TPSA) is 56.7 Å². The molecule has 2 aromatic carbocycles. The summed E-state index contributed by atoms with van der Waals surface area (Å²) in [6.45, 7) is 4.90. The van der Waals surface area contributed by atoms with Crippen LogP contribution in [-0.4, -0.2) is 24.2 Å². The number of halogens is 2. The first kappa shape index (κ1) is 18.7. The van der Waals surface area contributed by atoms with Crippen molar-refractivity contribution in [1.29, 1.82) is 0 Å². The molecular formula is C19H23F2N3O. The van der Waals surface area contributed by atoms with Gasteiger partial charge in [0.2, 0.25) is 0 Å². The summed E-state index contributed by atoms with van der Waals surface area (Å²) in [7, 11) is 0. The van der Waals surface area contributed by atoms with Gasteiger partial charge in [0.1, 0.15) is 17.4 Å². The molecule has 0 spiro atoms. The SMILES string of the molecule is CCNC(=NCCc1cccc(O)c1)NC(C)c1ccc(F)cc1F. The highest BCUT2D eigenvalue weighted by molar-refractivity contribution is 5.80. The number of rotatable bonds is 6. The van der Waals surface area contributed by atoms with Crippen LogP contribution in [-0.2, 0) is 6.42 Å². The van der Waals surface area contributed by atoms with Crippen molar-refractivity contribution >= 4 is 5.96 Å². The van der Waals surface area contributed by atoms with Gasteiger partial charge in [0, 0.05) is 24.7 Å². The minimum absolute atomic E-state index is 0.229. The second-order valence-corrected chi connectivity index (χ2v) is 5.71. The molecule has 0 fully saturated rings. The zero-order valence-corrected chi connectivity index (χ0v) is 14.4. The number of guanidine groups is 1. The third kappa shape index (κ3) is 5.74. The number of hydrogen-bond acceptors (Lipinski definition) is 2. The van der Waals surface area contributed by atoms with E-state index in [-0.39, 0.29) is 11.8 Å². The molecule has 4 nitrogen and oxygen atoms in total. The van der Waals surface area contributed by atoms with E-state index < -0.39 is 11.6 Å². The van der Waals surface area contributed by atoms with Gasteiger partial charge in [-0.2, -0.15) is 0 Å². The summed E-state index contributed by atoms with van der Waals surface area (Å²) in [4.78, 5) is 4.47. The van der Waals surface area contributed by atoms with Gasteiger partial charge in [-0.25, -0.2) is 8.78 Å². The summed E-state index contributed by atoms with van der Waals surface area (Å²) >= 11 is 0. The van der Waals surface area contributed by atoms with Gasteiger partial charge in [-0.1, -0.05) is 18.2 Å². The lowest BCUT2D eigenvalue weighted by Gasteiger charge is -2.18. The Morgan fingerprint density at radius 2 is 2.00 bits per heavy atom. The minimum atomic E-state index is -0.597. The predicted octanol–water partition coefficient (Wildman–Crippen LogP) is 3.53. The fourth-order valence-electron chi connectivity index (χ4n) is 2.46. The van der Waals surface area contributed by atoms with Crippen LogP contribution in [0.4, 0.5) is 8.78 Å². The van der Waals surface area contributed by atoms with Crippen molar-refractivity contribution in [2.75, 3.05) is 13.1 Å². The number of phenols is 1. The van der Waals surface area contributed by atoms with Crippen molar-refractivity contribution in [3.05, 3.63) is 65.2 Å². The third-order valence-corrected chi connectivity index (χ3v) is 3.71. The summed E-state index contributed by atoms with van der Waals surface area (Å²) in [6, 6.07) is 10.2.